The molecule has 2 aromatic carbocycles. The van der Waals surface area contributed by atoms with Crippen LogP contribution in [0.2, 0.25) is 0 Å². The zero-order valence-electron chi connectivity index (χ0n) is 16.6. The Morgan fingerprint density at radius 1 is 1.07 bits per heavy atom. The summed E-state index contributed by atoms with van der Waals surface area (Å²) in [5.74, 6) is 1.40. The van der Waals surface area contributed by atoms with Crippen LogP contribution in [0.1, 0.15) is 21.5 Å². The number of benzene rings is 2. The van der Waals surface area contributed by atoms with Crippen LogP contribution in [-0.2, 0) is 17.8 Å². The van der Waals surface area contributed by atoms with E-state index in [1.54, 1.807) is 19.2 Å². The van der Waals surface area contributed by atoms with Gasteiger partial charge in [-0.05, 0) is 23.3 Å². The van der Waals surface area contributed by atoms with Gasteiger partial charge in [-0.25, -0.2) is 0 Å². The van der Waals surface area contributed by atoms with Crippen LogP contribution in [0.4, 0.5) is 0 Å². The minimum absolute atomic E-state index is 0.182. The lowest BCUT2D eigenvalue weighted by atomic mass is 10.1. The monoisotopic (exact) mass is 398 g/mol. The Labute approximate surface area is 170 Å². The van der Waals surface area contributed by atoms with Crippen molar-refractivity contribution in [3.05, 3.63) is 53.1 Å². The molecular weight excluding hydrogens is 372 g/mol. The minimum atomic E-state index is -0.182. The van der Waals surface area contributed by atoms with Crippen LogP contribution in [-0.4, -0.2) is 57.4 Å². The van der Waals surface area contributed by atoms with Crippen molar-refractivity contribution in [2.24, 2.45) is 0 Å². The van der Waals surface area contributed by atoms with Crippen LogP contribution in [0.3, 0.4) is 0 Å². The molecule has 2 aliphatic rings. The number of morpholine rings is 1. The van der Waals surface area contributed by atoms with Gasteiger partial charge in [0.1, 0.15) is 13.2 Å². The highest BCUT2D eigenvalue weighted by atomic mass is 16.6. The number of carbonyl (C=O) groups is 1. The molecule has 154 valence electrons. The molecule has 1 saturated heterocycles. The highest BCUT2D eigenvalue weighted by molar-refractivity contribution is 5.95. The van der Waals surface area contributed by atoms with Gasteiger partial charge < -0.3 is 24.3 Å². The molecule has 0 aromatic heterocycles. The maximum absolute atomic E-state index is 12.7. The lowest BCUT2D eigenvalue weighted by molar-refractivity contribution is 0.0342. The van der Waals surface area contributed by atoms with Crippen LogP contribution >= 0.6 is 0 Å². The average molecular weight is 398 g/mol. The summed E-state index contributed by atoms with van der Waals surface area (Å²) in [4.78, 5) is 15.1. The molecule has 1 N–H and O–H groups in total. The fourth-order valence-corrected chi connectivity index (χ4v) is 3.54. The lowest BCUT2D eigenvalue weighted by Crippen LogP contribution is -2.35. The zero-order chi connectivity index (χ0) is 20.1. The maximum Gasteiger partial charge on any atom is 0.251 e. The SMILES string of the molecule is COc1cc(C(=O)NCc2cccc(CN3CCOCC3)c2)cc2c1OCCO2. The van der Waals surface area contributed by atoms with E-state index in [1.807, 2.05) is 12.1 Å². The van der Waals surface area contributed by atoms with Crippen LogP contribution in [0.15, 0.2) is 36.4 Å². The first-order valence-electron chi connectivity index (χ1n) is 9.86. The highest BCUT2D eigenvalue weighted by Crippen LogP contribution is 2.40. The zero-order valence-corrected chi connectivity index (χ0v) is 16.6. The summed E-state index contributed by atoms with van der Waals surface area (Å²) >= 11 is 0. The van der Waals surface area contributed by atoms with E-state index in [0.717, 1.165) is 38.4 Å². The smallest absolute Gasteiger partial charge is 0.251 e. The molecule has 2 aliphatic heterocycles. The second-order valence-corrected chi connectivity index (χ2v) is 7.09. The average Bonchev–Trinajstić information content (AvgIpc) is 2.77. The standard InChI is InChI=1S/C22H26N2O5/c1-26-19-12-18(13-20-21(19)29-10-9-28-20)22(25)23-14-16-3-2-4-17(11-16)15-24-5-7-27-8-6-24/h2-4,11-13H,5-10,14-15H2,1H3,(H,23,25). The van der Waals surface area contributed by atoms with E-state index in [2.05, 4.69) is 22.3 Å². The number of hydrogen-bond donors (Lipinski definition) is 1. The van der Waals surface area contributed by atoms with E-state index < -0.39 is 0 Å². The van der Waals surface area contributed by atoms with E-state index in [4.69, 9.17) is 18.9 Å². The van der Waals surface area contributed by atoms with Crippen molar-refractivity contribution >= 4 is 5.91 Å². The van der Waals surface area contributed by atoms with Gasteiger partial charge in [0.15, 0.2) is 11.5 Å². The summed E-state index contributed by atoms with van der Waals surface area (Å²) in [7, 11) is 1.55. The van der Waals surface area contributed by atoms with Crippen LogP contribution in [0, 0.1) is 0 Å². The number of hydrogen-bond acceptors (Lipinski definition) is 6. The molecule has 1 fully saturated rings. The van der Waals surface area contributed by atoms with Gasteiger partial charge in [-0.15, -0.1) is 0 Å². The summed E-state index contributed by atoms with van der Waals surface area (Å²) in [6.07, 6.45) is 0. The second-order valence-electron chi connectivity index (χ2n) is 7.09. The van der Waals surface area contributed by atoms with Crippen LogP contribution in [0.25, 0.3) is 0 Å². The van der Waals surface area contributed by atoms with Crippen molar-refractivity contribution < 1.29 is 23.7 Å². The number of nitrogens with one attached hydrogen (secondary N) is 1. The molecule has 7 heteroatoms. The molecule has 0 bridgehead atoms. The van der Waals surface area contributed by atoms with Gasteiger partial charge >= 0.3 is 0 Å². The van der Waals surface area contributed by atoms with E-state index in [-0.39, 0.29) is 5.91 Å². The fourth-order valence-electron chi connectivity index (χ4n) is 3.54. The molecule has 2 aromatic rings. The Kier molecular flexibility index (Phi) is 6.17. The molecular formula is C22H26N2O5. The summed E-state index contributed by atoms with van der Waals surface area (Å²) < 4.78 is 22.0. The Balaban J connectivity index is 1.40. The first-order chi connectivity index (χ1) is 14.2. The first-order valence-corrected chi connectivity index (χ1v) is 9.86. The van der Waals surface area contributed by atoms with Gasteiger partial charge in [-0.1, -0.05) is 24.3 Å². The predicted octanol–water partition coefficient (Wildman–Crippen LogP) is 2.23. The first kappa shape index (κ1) is 19.5. The topological polar surface area (TPSA) is 69.3 Å². The molecule has 4 rings (SSSR count). The van der Waals surface area contributed by atoms with Crippen molar-refractivity contribution in [3.63, 3.8) is 0 Å². The Morgan fingerprint density at radius 2 is 1.86 bits per heavy atom. The van der Waals surface area contributed by atoms with E-state index >= 15 is 0 Å². The number of carbonyl (C=O) groups excluding carboxylic acids is 1. The summed E-state index contributed by atoms with van der Waals surface area (Å²) in [5.41, 5.74) is 2.78. The third-order valence-electron chi connectivity index (χ3n) is 5.04. The summed E-state index contributed by atoms with van der Waals surface area (Å²) in [6, 6.07) is 11.7. The molecule has 0 aliphatic carbocycles. The van der Waals surface area contributed by atoms with Crippen molar-refractivity contribution in [2.75, 3.05) is 46.6 Å². The minimum Gasteiger partial charge on any atom is -0.493 e. The molecule has 0 unspecified atom stereocenters. The second kappa shape index (κ2) is 9.15. The molecule has 29 heavy (non-hydrogen) atoms. The molecule has 1 amide bonds. The summed E-state index contributed by atoms with van der Waals surface area (Å²) in [5, 5.41) is 2.98. The lowest BCUT2D eigenvalue weighted by Gasteiger charge is -2.26. The predicted molar refractivity (Wildman–Crippen MR) is 108 cm³/mol. The quantitative estimate of drug-likeness (QED) is 0.805. The third kappa shape index (κ3) is 4.81. The number of methoxy groups -OCH3 is 1. The molecule has 0 radical (unpaired) electrons. The van der Waals surface area contributed by atoms with Crippen molar-refractivity contribution in [1.29, 1.82) is 0 Å². The third-order valence-corrected chi connectivity index (χ3v) is 5.04. The highest BCUT2D eigenvalue weighted by Gasteiger charge is 2.21. The Hall–Kier alpha value is -2.77. The van der Waals surface area contributed by atoms with E-state index in [0.29, 0.717) is 42.6 Å². The molecule has 0 atom stereocenters. The fraction of sp³-hybridized carbons (Fsp3) is 0.409. The normalized spacial score (nSPS) is 16.3. The number of rotatable bonds is 6. The van der Waals surface area contributed by atoms with Gasteiger partial charge in [0.05, 0.1) is 20.3 Å². The van der Waals surface area contributed by atoms with Gasteiger partial charge in [-0.2, -0.15) is 0 Å². The Morgan fingerprint density at radius 3 is 2.69 bits per heavy atom. The van der Waals surface area contributed by atoms with Gasteiger partial charge in [-0.3, -0.25) is 9.69 Å². The molecule has 2 heterocycles. The van der Waals surface area contributed by atoms with Crippen LogP contribution in [0.5, 0.6) is 17.2 Å². The van der Waals surface area contributed by atoms with Gasteiger partial charge in [0.25, 0.3) is 5.91 Å². The summed E-state index contributed by atoms with van der Waals surface area (Å²) in [6.45, 7) is 5.74. The molecule has 0 spiro atoms. The number of fused-ring (bicyclic) bond motifs is 1. The van der Waals surface area contributed by atoms with E-state index in [1.165, 1.54) is 5.56 Å². The maximum atomic E-state index is 12.7. The number of nitrogens with zero attached hydrogens (tertiary/aromatic N) is 1. The van der Waals surface area contributed by atoms with Gasteiger partial charge in [0, 0.05) is 31.7 Å². The van der Waals surface area contributed by atoms with E-state index in [9.17, 15) is 4.79 Å². The largest absolute Gasteiger partial charge is 0.493 e. The van der Waals surface area contributed by atoms with Crippen molar-refractivity contribution in [3.8, 4) is 17.2 Å². The van der Waals surface area contributed by atoms with Crippen LogP contribution < -0.4 is 19.5 Å². The van der Waals surface area contributed by atoms with Gasteiger partial charge in [0.2, 0.25) is 5.75 Å². The van der Waals surface area contributed by atoms with Crippen molar-refractivity contribution in [2.45, 2.75) is 13.1 Å². The van der Waals surface area contributed by atoms with Crippen molar-refractivity contribution in [1.82, 2.24) is 10.2 Å². The number of ether oxygens (including phenoxy) is 4. The Bertz CT molecular complexity index is 847. The number of amides is 1. The molecule has 7 nitrogen and oxygen atoms in total. The molecule has 0 saturated carbocycles.